The van der Waals surface area contributed by atoms with E-state index in [2.05, 4.69) is 15.3 Å². The van der Waals surface area contributed by atoms with Crippen LogP contribution < -0.4 is 10.2 Å². The number of hydrogen-bond acceptors (Lipinski definition) is 3. The molecular weight excluding hydrogens is 285 g/mol. The Bertz CT molecular complexity index is 537. The van der Waals surface area contributed by atoms with Gasteiger partial charge in [0.2, 0.25) is 5.82 Å². The summed E-state index contributed by atoms with van der Waals surface area (Å²) in [5.74, 6) is -1.20. The molecule has 8 heteroatoms. The molecule has 1 aliphatic heterocycles. The summed E-state index contributed by atoms with van der Waals surface area (Å²) in [5, 5.41) is 2.97. The summed E-state index contributed by atoms with van der Waals surface area (Å²) in [7, 11) is 0. The van der Waals surface area contributed by atoms with Crippen LogP contribution in [0.5, 0.6) is 0 Å². The maximum atomic E-state index is 12.4. The summed E-state index contributed by atoms with van der Waals surface area (Å²) >= 11 is 0. The maximum absolute atomic E-state index is 12.4. The average molecular weight is 300 g/mol. The molecule has 21 heavy (non-hydrogen) atoms. The van der Waals surface area contributed by atoms with Crippen LogP contribution in [0.15, 0.2) is 12.4 Å². The van der Waals surface area contributed by atoms with Crippen molar-refractivity contribution < 1.29 is 18.0 Å². The molecule has 5 nitrogen and oxygen atoms in total. The lowest BCUT2D eigenvalue weighted by molar-refractivity contribution is -0.144. The molecular formula is C13H15F3N4O. The molecule has 1 aromatic heterocycles. The largest absolute Gasteiger partial charge is 0.451 e. The van der Waals surface area contributed by atoms with Gasteiger partial charge in [-0.2, -0.15) is 13.2 Å². The van der Waals surface area contributed by atoms with Crippen molar-refractivity contribution in [2.45, 2.75) is 43.8 Å². The van der Waals surface area contributed by atoms with Crippen LogP contribution in [0.3, 0.4) is 0 Å². The van der Waals surface area contributed by atoms with E-state index < -0.39 is 12.0 Å². The molecule has 2 fully saturated rings. The molecule has 2 heterocycles. The molecule has 0 radical (unpaired) electrons. The van der Waals surface area contributed by atoms with E-state index in [1.54, 1.807) is 0 Å². The SMILES string of the molecule is O=C1NC2(CCCCC2)CN1c1cnc(C(F)(F)F)nc1. The minimum Gasteiger partial charge on any atom is -0.330 e. The second kappa shape index (κ2) is 4.85. The van der Waals surface area contributed by atoms with Crippen molar-refractivity contribution in [1.29, 1.82) is 0 Å². The van der Waals surface area contributed by atoms with Crippen LogP contribution >= 0.6 is 0 Å². The summed E-state index contributed by atoms with van der Waals surface area (Å²) in [6.07, 6.45) is 2.59. The molecule has 1 spiro atoms. The number of alkyl halides is 3. The minimum atomic E-state index is -4.57. The zero-order valence-corrected chi connectivity index (χ0v) is 11.3. The van der Waals surface area contributed by atoms with Gasteiger partial charge in [-0.05, 0) is 12.8 Å². The third-order valence-corrected chi connectivity index (χ3v) is 4.09. The van der Waals surface area contributed by atoms with Crippen molar-refractivity contribution in [3.05, 3.63) is 18.2 Å². The summed E-state index contributed by atoms with van der Waals surface area (Å²) in [6.45, 7) is 0.459. The van der Waals surface area contributed by atoms with E-state index in [1.807, 2.05) is 0 Å². The highest BCUT2D eigenvalue weighted by molar-refractivity contribution is 5.95. The van der Waals surface area contributed by atoms with Crippen molar-refractivity contribution >= 4 is 11.7 Å². The summed E-state index contributed by atoms with van der Waals surface area (Å²) in [6, 6.07) is -0.291. The lowest BCUT2D eigenvalue weighted by Gasteiger charge is -2.32. The highest BCUT2D eigenvalue weighted by Crippen LogP contribution is 2.34. The Labute approximate surface area is 119 Å². The van der Waals surface area contributed by atoms with Gasteiger partial charge < -0.3 is 5.32 Å². The Morgan fingerprint density at radius 2 is 1.76 bits per heavy atom. The fraction of sp³-hybridized carbons (Fsp3) is 0.615. The number of hydrogen-bond donors (Lipinski definition) is 1. The van der Waals surface area contributed by atoms with Gasteiger partial charge >= 0.3 is 12.2 Å². The molecule has 0 aromatic carbocycles. The van der Waals surface area contributed by atoms with E-state index in [9.17, 15) is 18.0 Å². The van der Waals surface area contributed by atoms with Crippen LogP contribution in [-0.2, 0) is 6.18 Å². The van der Waals surface area contributed by atoms with Gasteiger partial charge in [0.15, 0.2) is 0 Å². The number of nitrogens with one attached hydrogen (secondary N) is 1. The van der Waals surface area contributed by atoms with Crippen LogP contribution in [0, 0.1) is 0 Å². The van der Waals surface area contributed by atoms with Crippen LogP contribution in [0.25, 0.3) is 0 Å². The van der Waals surface area contributed by atoms with E-state index in [-0.39, 0.29) is 11.6 Å². The van der Waals surface area contributed by atoms with Gasteiger partial charge in [0, 0.05) is 0 Å². The molecule has 0 unspecified atom stereocenters. The molecule has 1 aliphatic carbocycles. The van der Waals surface area contributed by atoms with Crippen molar-refractivity contribution in [2.24, 2.45) is 0 Å². The molecule has 0 bridgehead atoms. The van der Waals surface area contributed by atoms with Crippen molar-refractivity contribution in [2.75, 3.05) is 11.4 Å². The number of rotatable bonds is 1. The summed E-state index contributed by atoms with van der Waals surface area (Å²) in [5.41, 5.74) is 0.0424. The van der Waals surface area contributed by atoms with Gasteiger partial charge in [-0.15, -0.1) is 0 Å². The van der Waals surface area contributed by atoms with Crippen LogP contribution in [0.4, 0.5) is 23.7 Å². The van der Waals surface area contributed by atoms with Gasteiger partial charge in [0.25, 0.3) is 0 Å². The Balaban J connectivity index is 1.79. The van der Waals surface area contributed by atoms with Gasteiger partial charge in [0.1, 0.15) is 0 Å². The Hall–Kier alpha value is -1.86. The summed E-state index contributed by atoms with van der Waals surface area (Å²) in [4.78, 5) is 20.1. The number of urea groups is 1. The highest BCUT2D eigenvalue weighted by Gasteiger charge is 2.44. The van der Waals surface area contributed by atoms with E-state index >= 15 is 0 Å². The highest BCUT2D eigenvalue weighted by atomic mass is 19.4. The number of anilines is 1. The zero-order valence-electron chi connectivity index (χ0n) is 11.3. The van der Waals surface area contributed by atoms with Gasteiger partial charge in [-0.25, -0.2) is 14.8 Å². The third-order valence-electron chi connectivity index (χ3n) is 4.09. The van der Waals surface area contributed by atoms with E-state index in [0.29, 0.717) is 12.2 Å². The number of nitrogens with zero attached hydrogens (tertiary/aromatic N) is 3. The van der Waals surface area contributed by atoms with Gasteiger partial charge in [0.05, 0.1) is 30.2 Å². The normalized spacial score (nSPS) is 21.7. The predicted octanol–water partition coefficient (Wildman–Crippen LogP) is 2.73. The molecule has 1 aromatic rings. The number of aromatic nitrogens is 2. The predicted molar refractivity (Wildman–Crippen MR) is 68.7 cm³/mol. The lowest BCUT2D eigenvalue weighted by Crippen LogP contribution is -2.44. The first-order valence-electron chi connectivity index (χ1n) is 6.89. The smallest absolute Gasteiger partial charge is 0.330 e. The van der Waals surface area contributed by atoms with E-state index in [1.165, 1.54) is 4.90 Å². The van der Waals surface area contributed by atoms with E-state index in [0.717, 1.165) is 44.5 Å². The number of halogens is 3. The van der Waals surface area contributed by atoms with Crippen molar-refractivity contribution in [3.8, 4) is 0 Å². The molecule has 2 aliphatic rings. The first-order chi connectivity index (χ1) is 9.90. The van der Waals surface area contributed by atoms with E-state index in [4.69, 9.17) is 0 Å². The molecule has 2 amide bonds. The molecule has 0 atom stereocenters. The minimum absolute atomic E-state index is 0.252. The van der Waals surface area contributed by atoms with Crippen LogP contribution in [0.1, 0.15) is 37.9 Å². The first-order valence-corrected chi connectivity index (χ1v) is 6.89. The third kappa shape index (κ3) is 2.66. The fourth-order valence-electron chi connectivity index (χ4n) is 3.04. The number of carbonyl (C=O) groups is 1. The Morgan fingerprint density at radius 1 is 1.14 bits per heavy atom. The van der Waals surface area contributed by atoms with Crippen molar-refractivity contribution in [1.82, 2.24) is 15.3 Å². The van der Waals surface area contributed by atoms with Crippen molar-refractivity contribution in [3.63, 3.8) is 0 Å². The topological polar surface area (TPSA) is 58.1 Å². The molecule has 1 saturated heterocycles. The molecule has 3 rings (SSSR count). The Morgan fingerprint density at radius 3 is 2.33 bits per heavy atom. The quantitative estimate of drug-likeness (QED) is 0.867. The standard InChI is InChI=1S/C13H15F3N4O/c14-13(15,16)10-17-6-9(7-18-10)20-8-12(19-11(20)21)4-2-1-3-5-12/h6-7H,1-5,8H2,(H,19,21). The fourth-order valence-corrected chi connectivity index (χ4v) is 3.04. The second-order valence-corrected chi connectivity index (χ2v) is 5.62. The van der Waals surface area contributed by atoms with Gasteiger partial charge in [-0.1, -0.05) is 19.3 Å². The molecule has 1 saturated carbocycles. The number of amides is 2. The average Bonchev–Trinajstić information content (AvgIpc) is 2.75. The van der Waals surface area contributed by atoms with Crippen LogP contribution in [0.2, 0.25) is 0 Å². The number of carbonyl (C=O) groups excluding carboxylic acids is 1. The monoisotopic (exact) mass is 300 g/mol. The van der Waals surface area contributed by atoms with Crippen LogP contribution in [-0.4, -0.2) is 28.1 Å². The maximum Gasteiger partial charge on any atom is 0.451 e. The second-order valence-electron chi connectivity index (χ2n) is 5.62. The first kappa shape index (κ1) is 14.1. The molecule has 1 N–H and O–H groups in total. The Kier molecular flexibility index (Phi) is 3.26. The summed E-state index contributed by atoms with van der Waals surface area (Å²) < 4.78 is 37.3. The lowest BCUT2D eigenvalue weighted by atomic mass is 9.82. The zero-order chi connectivity index (χ0) is 15.1. The molecule has 114 valence electrons. The van der Waals surface area contributed by atoms with Gasteiger partial charge in [-0.3, -0.25) is 4.90 Å².